The number of hydrogen-bond acceptors (Lipinski definition) is 5. The molecule has 0 spiro atoms. The lowest BCUT2D eigenvalue weighted by Gasteiger charge is -2.34. The highest BCUT2D eigenvalue weighted by molar-refractivity contribution is 5.94. The first-order valence-corrected chi connectivity index (χ1v) is 9.58. The molecule has 3 aromatic rings. The van der Waals surface area contributed by atoms with Crippen molar-refractivity contribution in [3.63, 3.8) is 0 Å². The van der Waals surface area contributed by atoms with Crippen LogP contribution in [-0.4, -0.2) is 56.0 Å². The summed E-state index contributed by atoms with van der Waals surface area (Å²) in [7, 11) is 2.98. The minimum Gasteiger partial charge on any atom is -0.335 e. The predicted octanol–water partition coefficient (Wildman–Crippen LogP) is 0.590. The van der Waals surface area contributed by atoms with Crippen LogP contribution in [0.25, 0.3) is 11.0 Å². The molecule has 4 rings (SSSR count). The third-order valence-corrected chi connectivity index (χ3v) is 5.43. The molecule has 29 heavy (non-hydrogen) atoms. The van der Waals surface area contributed by atoms with E-state index in [1.807, 2.05) is 18.2 Å². The van der Waals surface area contributed by atoms with E-state index in [9.17, 15) is 14.4 Å². The third-order valence-electron chi connectivity index (χ3n) is 5.43. The Morgan fingerprint density at radius 1 is 0.931 bits per heavy atom. The summed E-state index contributed by atoms with van der Waals surface area (Å²) in [5, 5.41) is 0.318. The van der Waals surface area contributed by atoms with E-state index < -0.39 is 11.2 Å². The molecule has 8 nitrogen and oxygen atoms in total. The number of piperazine rings is 1. The van der Waals surface area contributed by atoms with Gasteiger partial charge in [-0.05, 0) is 17.7 Å². The lowest BCUT2D eigenvalue weighted by atomic mass is 10.2. The van der Waals surface area contributed by atoms with E-state index in [1.165, 1.54) is 17.2 Å². The van der Waals surface area contributed by atoms with E-state index in [0.717, 1.165) is 24.2 Å². The second kappa shape index (κ2) is 7.63. The highest BCUT2D eigenvalue weighted by atomic mass is 16.2. The van der Waals surface area contributed by atoms with Crippen molar-refractivity contribution >= 4 is 16.9 Å². The van der Waals surface area contributed by atoms with Gasteiger partial charge in [0.05, 0.1) is 5.39 Å². The highest BCUT2D eigenvalue weighted by Crippen LogP contribution is 2.13. The Labute approximate surface area is 167 Å². The minimum atomic E-state index is -0.464. The largest absolute Gasteiger partial charge is 0.335 e. The number of rotatable bonds is 3. The highest BCUT2D eigenvalue weighted by Gasteiger charge is 2.24. The Bertz CT molecular complexity index is 1170. The van der Waals surface area contributed by atoms with Crippen LogP contribution < -0.4 is 11.2 Å². The van der Waals surface area contributed by atoms with Crippen molar-refractivity contribution in [2.75, 3.05) is 26.2 Å². The fraction of sp³-hybridized carbons (Fsp3) is 0.333. The van der Waals surface area contributed by atoms with Crippen molar-refractivity contribution in [1.29, 1.82) is 0 Å². The van der Waals surface area contributed by atoms with Gasteiger partial charge in [-0.2, -0.15) is 0 Å². The molecule has 1 aliphatic heterocycles. The molecule has 1 saturated heterocycles. The number of carbonyl (C=O) groups excluding carboxylic acids is 1. The van der Waals surface area contributed by atoms with E-state index in [1.54, 1.807) is 24.1 Å². The molecule has 8 heteroatoms. The van der Waals surface area contributed by atoms with Crippen LogP contribution in [-0.2, 0) is 20.6 Å². The van der Waals surface area contributed by atoms with E-state index in [4.69, 9.17) is 0 Å². The normalized spacial score (nSPS) is 15.0. The van der Waals surface area contributed by atoms with Crippen molar-refractivity contribution in [2.24, 2.45) is 14.1 Å². The SMILES string of the molecule is Cn1c(=O)c2ccc(C(=O)N3CCN(Cc4ccccc4)CC3)nc2n(C)c1=O. The van der Waals surface area contributed by atoms with Gasteiger partial charge in [-0.15, -0.1) is 0 Å². The van der Waals surface area contributed by atoms with Gasteiger partial charge in [0, 0.05) is 46.8 Å². The summed E-state index contributed by atoms with van der Waals surface area (Å²) in [6.07, 6.45) is 0. The van der Waals surface area contributed by atoms with Crippen molar-refractivity contribution in [1.82, 2.24) is 23.9 Å². The maximum Gasteiger partial charge on any atom is 0.332 e. The average molecular weight is 393 g/mol. The van der Waals surface area contributed by atoms with Gasteiger partial charge >= 0.3 is 5.69 Å². The Balaban J connectivity index is 1.51. The summed E-state index contributed by atoms with van der Waals surface area (Å²) in [5.74, 6) is -0.181. The summed E-state index contributed by atoms with van der Waals surface area (Å²) in [5.41, 5.74) is 0.855. The van der Waals surface area contributed by atoms with Gasteiger partial charge in [-0.3, -0.25) is 23.6 Å². The second-order valence-corrected chi connectivity index (χ2v) is 7.33. The number of carbonyl (C=O) groups is 1. The smallest absolute Gasteiger partial charge is 0.332 e. The van der Waals surface area contributed by atoms with Crippen LogP contribution >= 0.6 is 0 Å². The Morgan fingerprint density at radius 2 is 1.62 bits per heavy atom. The Morgan fingerprint density at radius 3 is 2.31 bits per heavy atom. The number of aromatic nitrogens is 3. The summed E-state index contributed by atoms with van der Waals surface area (Å²) < 4.78 is 2.34. The molecular formula is C21H23N5O3. The van der Waals surface area contributed by atoms with Gasteiger partial charge in [-0.25, -0.2) is 9.78 Å². The van der Waals surface area contributed by atoms with Gasteiger partial charge < -0.3 is 4.90 Å². The molecule has 0 atom stereocenters. The van der Waals surface area contributed by atoms with Crippen molar-refractivity contribution in [3.8, 4) is 0 Å². The quantitative estimate of drug-likeness (QED) is 0.651. The third kappa shape index (κ3) is 3.58. The van der Waals surface area contributed by atoms with Gasteiger partial charge in [-0.1, -0.05) is 30.3 Å². The molecule has 2 aromatic heterocycles. The zero-order valence-corrected chi connectivity index (χ0v) is 16.5. The van der Waals surface area contributed by atoms with Crippen LogP contribution in [0.15, 0.2) is 52.1 Å². The fourth-order valence-corrected chi connectivity index (χ4v) is 3.69. The molecule has 1 aromatic carbocycles. The first kappa shape index (κ1) is 19.1. The van der Waals surface area contributed by atoms with Crippen LogP contribution in [0.1, 0.15) is 16.1 Å². The molecule has 150 valence electrons. The second-order valence-electron chi connectivity index (χ2n) is 7.33. The Hall–Kier alpha value is -3.26. The number of pyridine rings is 1. The maximum absolute atomic E-state index is 12.9. The van der Waals surface area contributed by atoms with E-state index >= 15 is 0 Å². The summed E-state index contributed by atoms with van der Waals surface area (Å²) in [4.78, 5) is 45.8. The molecule has 0 radical (unpaired) electrons. The van der Waals surface area contributed by atoms with Crippen molar-refractivity contribution in [3.05, 3.63) is 74.6 Å². The maximum atomic E-state index is 12.9. The number of benzene rings is 1. The van der Waals surface area contributed by atoms with Gasteiger partial charge in [0.1, 0.15) is 11.3 Å². The summed E-state index contributed by atoms with van der Waals surface area (Å²) >= 11 is 0. The first-order chi connectivity index (χ1) is 14.0. The Kier molecular flexibility index (Phi) is 5.02. The van der Waals surface area contributed by atoms with Gasteiger partial charge in [0.2, 0.25) is 0 Å². The molecule has 0 unspecified atom stereocenters. The number of aryl methyl sites for hydroxylation is 1. The molecule has 0 saturated carbocycles. The number of hydrogen-bond donors (Lipinski definition) is 0. The van der Waals surface area contributed by atoms with Crippen LogP contribution in [0.4, 0.5) is 0 Å². The minimum absolute atomic E-state index is 0.181. The van der Waals surface area contributed by atoms with Crippen molar-refractivity contribution in [2.45, 2.75) is 6.54 Å². The molecule has 1 aliphatic rings. The van der Waals surface area contributed by atoms with Gasteiger partial charge in [0.25, 0.3) is 11.5 Å². The zero-order chi connectivity index (χ0) is 20.5. The number of nitrogens with zero attached hydrogens (tertiary/aromatic N) is 5. The fourth-order valence-electron chi connectivity index (χ4n) is 3.69. The van der Waals surface area contributed by atoms with Crippen LogP contribution in [0, 0.1) is 0 Å². The lowest BCUT2D eigenvalue weighted by molar-refractivity contribution is 0.0623. The van der Waals surface area contributed by atoms with Crippen LogP contribution in [0.2, 0.25) is 0 Å². The summed E-state index contributed by atoms with van der Waals surface area (Å²) in [6.45, 7) is 3.66. The molecule has 3 heterocycles. The van der Waals surface area contributed by atoms with Crippen LogP contribution in [0.5, 0.6) is 0 Å². The monoisotopic (exact) mass is 393 g/mol. The zero-order valence-electron chi connectivity index (χ0n) is 16.5. The van der Waals surface area contributed by atoms with Crippen LogP contribution in [0.3, 0.4) is 0 Å². The standard InChI is InChI=1S/C21H23N5O3/c1-23-18-16(19(27)24(2)21(23)29)8-9-17(22-18)20(28)26-12-10-25(11-13-26)14-15-6-4-3-5-7-15/h3-9H,10-14H2,1-2H3. The average Bonchev–Trinajstić information content (AvgIpc) is 2.76. The molecule has 1 fully saturated rings. The molecule has 0 aliphatic carbocycles. The van der Waals surface area contributed by atoms with Gasteiger partial charge in [0.15, 0.2) is 0 Å². The molecule has 0 N–H and O–H groups in total. The number of fused-ring (bicyclic) bond motifs is 1. The number of amides is 1. The molecule has 1 amide bonds. The molecular weight excluding hydrogens is 370 g/mol. The topological polar surface area (TPSA) is 80.4 Å². The van der Waals surface area contributed by atoms with E-state index in [2.05, 4.69) is 22.0 Å². The van der Waals surface area contributed by atoms with Crippen molar-refractivity contribution < 1.29 is 4.79 Å². The molecule has 0 bridgehead atoms. The van der Waals surface area contributed by atoms with E-state index in [-0.39, 0.29) is 17.2 Å². The first-order valence-electron chi connectivity index (χ1n) is 9.58. The van der Waals surface area contributed by atoms with E-state index in [0.29, 0.717) is 18.5 Å². The summed E-state index contributed by atoms with van der Waals surface area (Å²) in [6, 6.07) is 13.4. The predicted molar refractivity (Wildman–Crippen MR) is 110 cm³/mol. The lowest BCUT2D eigenvalue weighted by Crippen LogP contribution is -2.48.